The first-order valence-electron chi connectivity index (χ1n) is 12.6. The molecule has 0 spiro atoms. The molecule has 4 N–H and O–H groups in total. The quantitative estimate of drug-likeness (QED) is 0.259. The number of H-pyrrole nitrogens is 1. The van der Waals surface area contributed by atoms with Gasteiger partial charge in [-0.25, -0.2) is 8.78 Å². The summed E-state index contributed by atoms with van der Waals surface area (Å²) in [6.07, 6.45) is -3.90. The molecule has 4 atom stereocenters. The maximum absolute atomic E-state index is 14.7. The summed E-state index contributed by atoms with van der Waals surface area (Å²) in [4.78, 5) is 29.5. The lowest BCUT2D eigenvalue weighted by atomic mass is 9.96. The highest BCUT2D eigenvalue weighted by Gasteiger charge is 2.47. The summed E-state index contributed by atoms with van der Waals surface area (Å²) < 4.78 is 42.7. The van der Waals surface area contributed by atoms with Crippen LogP contribution in [-0.4, -0.2) is 56.2 Å². The second-order valence-corrected chi connectivity index (χ2v) is 10.2. The van der Waals surface area contributed by atoms with Crippen LogP contribution in [0.3, 0.4) is 0 Å². The Kier molecular flexibility index (Phi) is 4.99. The first-order valence-corrected chi connectivity index (χ1v) is 12.6. The van der Waals surface area contributed by atoms with Crippen LogP contribution in [0.25, 0.3) is 43.6 Å². The molecule has 2 aliphatic heterocycles. The summed E-state index contributed by atoms with van der Waals surface area (Å²) in [5.74, 6) is -3.72. The Morgan fingerprint density at radius 1 is 1.05 bits per heavy atom. The van der Waals surface area contributed by atoms with E-state index >= 15 is 0 Å². The van der Waals surface area contributed by atoms with Crippen molar-refractivity contribution in [1.82, 2.24) is 14.9 Å². The SMILES string of the molecule is CCOC1(C)CC(O)C(O)C(n2c3ccc(F)cc3c3c4c(c5c6cc(F)ccc6[nH]c5c32)C(=O)NC4=O)O1. The van der Waals surface area contributed by atoms with E-state index in [-0.39, 0.29) is 29.5 Å². The zero-order valence-corrected chi connectivity index (χ0v) is 20.8. The Morgan fingerprint density at radius 3 is 2.44 bits per heavy atom. The van der Waals surface area contributed by atoms with Crippen molar-refractivity contribution in [3.63, 3.8) is 0 Å². The first kappa shape index (κ1) is 24.2. The second kappa shape index (κ2) is 8.06. The smallest absolute Gasteiger partial charge is 0.259 e. The molecule has 5 aromatic rings. The average molecular weight is 536 g/mol. The number of nitrogens with zero attached hydrogens (tertiary/aromatic N) is 1. The number of hydrogen-bond acceptors (Lipinski definition) is 6. The molecule has 39 heavy (non-hydrogen) atoms. The van der Waals surface area contributed by atoms with Gasteiger partial charge in [0.2, 0.25) is 0 Å². The van der Waals surface area contributed by atoms with Crippen LogP contribution in [0.2, 0.25) is 0 Å². The number of aromatic nitrogens is 2. The van der Waals surface area contributed by atoms with E-state index in [1.807, 2.05) is 0 Å². The minimum atomic E-state index is -1.43. The Morgan fingerprint density at radius 2 is 1.72 bits per heavy atom. The fourth-order valence-corrected chi connectivity index (χ4v) is 6.25. The van der Waals surface area contributed by atoms with Gasteiger partial charge >= 0.3 is 0 Å². The molecule has 7 rings (SSSR count). The highest BCUT2D eigenvalue weighted by atomic mass is 19.1. The van der Waals surface area contributed by atoms with Gasteiger partial charge in [-0.1, -0.05) is 0 Å². The van der Waals surface area contributed by atoms with Crippen molar-refractivity contribution in [1.29, 1.82) is 0 Å². The number of aliphatic hydroxyl groups is 2. The van der Waals surface area contributed by atoms with Crippen molar-refractivity contribution in [3.05, 3.63) is 59.2 Å². The van der Waals surface area contributed by atoms with Gasteiger partial charge in [-0.15, -0.1) is 0 Å². The second-order valence-electron chi connectivity index (χ2n) is 10.2. The molecule has 0 aliphatic carbocycles. The van der Waals surface area contributed by atoms with Gasteiger partial charge in [0.05, 0.1) is 33.8 Å². The molecule has 9 nitrogen and oxygen atoms in total. The van der Waals surface area contributed by atoms with E-state index in [1.165, 1.54) is 36.4 Å². The predicted molar refractivity (Wildman–Crippen MR) is 137 cm³/mol. The molecule has 0 radical (unpaired) electrons. The van der Waals surface area contributed by atoms with Crippen LogP contribution < -0.4 is 5.32 Å². The molecule has 2 aliphatic rings. The van der Waals surface area contributed by atoms with Crippen LogP contribution in [0.5, 0.6) is 0 Å². The molecular weight excluding hydrogens is 512 g/mol. The highest BCUT2D eigenvalue weighted by Crippen LogP contribution is 2.47. The number of fused-ring (bicyclic) bond motifs is 10. The molecular formula is C28H23F2N3O6. The summed E-state index contributed by atoms with van der Waals surface area (Å²) in [6.45, 7) is 3.70. The number of rotatable bonds is 3. The van der Waals surface area contributed by atoms with E-state index in [2.05, 4.69) is 10.3 Å². The molecule has 0 saturated carbocycles. The van der Waals surface area contributed by atoms with Gasteiger partial charge in [0.1, 0.15) is 17.7 Å². The molecule has 11 heteroatoms. The van der Waals surface area contributed by atoms with Gasteiger partial charge in [0.25, 0.3) is 11.8 Å². The number of carbonyl (C=O) groups is 2. The number of halogens is 2. The maximum atomic E-state index is 14.7. The van der Waals surface area contributed by atoms with Gasteiger partial charge in [-0.3, -0.25) is 14.9 Å². The van der Waals surface area contributed by atoms with Crippen LogP contribution in [0, 0.1) is 11.6 Å². The first-order chi connectivity index (χ1) is 18.6. The van der Waals surface area contributed by atoms with Crippen molar-refractivity contribution >= 4 is 55.4 Å². The van der Waals surface area contributed by atoms with Gasteiger partial charge in [0.15, 0.2) is 12.0 Å². The van der Waals surface area contributed by atoms with E-state index in [9.17, 15) is 28.6 Å². The monoisotopic (exact) mass is 535 g/mol. The van der Waals surface area contributed by atoms with Gasteiger partial charge in [0, 0.05) is 40.1 Å². The fourth-order valence-electron chi connectivity index (χ4n) is 6.25. The Labute approximate surface area is 218 Å². The number of amides is 2. The number of imide groups is 1. The molecule has 2 aromatic heterocycles. The minimum Gasteiger partial charge on any atom is -0.390 e. The molecule has 2 amide bonds. The number of carbonyl (C=O) groups excluding carboxylic acids is 2. The molecule has 4 heterocycles. The molecule has 1 fully saturated rings. The van der Waals surface area contributed by atoms with Crippen molar-refractivity contribution < 1.29 is 38.1 Å². The molecule has 1 saturated heterocycles. The van der Waals surface area contributed by atoms with E-state index < -0.39 is 47.7 Å². The van der Waals surface area contributed by atoms with Crippen LogP contribution in [0.15, 0.2) is 36.4 Å². The number of benzene rings is 3. The lowest BCUT2D eigenvalue weighted by Gasteiger charge is -2.44. The van der Waals surface area contributed by atoms with Crippen LogP contribution in [-0.2, 0) is 9.47 Å². The number of aliphatic hydroxyl groups excluding tert-OH is 2. The normalized spacial score (nSPS) is 25.3. The van der Waals surface area contributed by atoms with Gasteiger partial charge in [-0.05, 0) is 50.2 Å². The fraction of sp³-hybridized carbons (Fsp3) is 0.286. The van der Waals surface area contributed by atoms with Crippen LogP contribution >= 0.6 is 0 Å². The van der Waals surface area contributed by atoms with E-state index in [0.717, 1.165) is 0 Å². The standard InChI is InChI=1S/C28H23F2N3O6/c1-3-38-28(2)10-17(34)24(35)27(39-28)33-16-7-5-12(30)9-14(16)19-21-20(25(36)32-26(21)37)18-13-8-11(29)4-6-15(13)31-22(18)23(19)33/h4-9,17,24,27,31,34-35H,3,10H2,1-2H3,(H,32,36,37). The average Bonchev–Trinajstić information content (AvgIpc) is 3.50. The number of nitrogens with one attached hydrogen (secondary N) is 2. The lowest BCUT2D eigenvalue weighted by Crippen LogP contribution is -2.52. The van der Waals surface area contributed by atoms with Gasteiger partial charge < -0.3 is 29.2 Å². The summed E-state index contributed by atoms with van der Waals surface area (Å²) in [5.41, 5.74) is 1.63. The Balaban J connectivity index is 1.70. The topological polar surface area (TPSA) is 126 Å². The molecule has 0 bridgehead atoms. The third-order valence-electron chi connectivity index (χ3n) is 7.73. The lowest BCUT2D eigenvalue weighted by molar-refractivity contribution is -0.326. The highest BCUT2D eigenvalue weighted by molar-refractivity contribution is 6.39. The summed E-state index contributed by atoms with van der Waals surface area (Å²) >= 11 is 0. The minimum absolute atomic E-state index is 0.00233. The molecule has 3 aromatic carbocycles. The van der Waals surface area contributed by atoms with Crippen LogP contribution in [0.4, 0.5) is 8.78 Å². The maximum Gasteiger partial charge on any atom is 0.259 e. The largest absolute Gasteiger partial charge is 0.390 e. The predicted octanol–water partition coefficient (Wildman–Crippen LogP) is 3.98. The van der Waals surface area contributed by atoms with Crippen molar-refractivity contribution in [2.75, 3.05) is 6.61 Å². The third-order valence-corrected chi connectivity index (χ3v) is 7.73. The number of hydrogen-bond donors (Lipinski definition) is 4. The Bertz CT molecular complexity index is 1900. The molecule has 200 valence electrons. The van der Waals surface area contributed by atoms with E-state index in [0.29, 0.717) is 38.2 Å². The van der Waals surface area contributed by atoms with Gasteiger partial charge in [-0.2, -0.15) is 0 Å². The summed E-state index contributed by atoms with van der Waals surface area (Å²) in [6, 6.07) is 8.01. The number of ether oxygens (including phenoxy) is 2. The number of aromatic amines is 1. The zero-order chi connectivity index (χ0) is 27.4. The van der Waals surface area contributed by atoms with Crippen molar-refractivity contribution in [3.8, 4) is 0 Å². The summed E-state index contributed by atoms with van der Waals surface area (Å²) in [5, 5.41) is 25.6. The van der Waals surface area contributed by atoms with E-state index in [4.69, 9.17) is 9.47 Å². The zero-order valence-electron chi connectivity index (χ0n) is 20.8. The van der Waals surface area contributed by atoms with E-state index in [1.54, 1.807) is 18.4 Å². The Hall–Kier alpha value is -3.90. The summed E-state index contributed by atoms with van der Waals surface area (Å²) in [7, 11) is 0. The third kappa shape index (κ3) is 3.24. The van der Waals surface area contributed by atoms with Crippen LogP contribution in [0.1, 0.15) is 47.2 Å². The van der Waals surface area contributed by atoms with Crippen molar-refractivity contribution in [2.24, 2.45) is 0 Å². The molecule has 4 unspecified atom stereocenters. The van der Waals surface area contributed by atoms with Crippen molar-refractivity contribution in [2.45, 2.75) is 44.5 Å².